The maximum atomic E-state index is 13.1. The van der Waals surface area contributed by atoms with Gasteiger partial charge < -0.3 is 30.3 Å². The molecule has 1 heterocycles. The van der Waals surface area contributed by atoms with Crippen LogP contribution in [0, 0.1) is 0 Å². The highest BCUT2D eigenvalue weighted by Gasteiger charge is 2.36. The fourth-order valence-corrected chi connectivity index (χ4v) is 3.64. The number of aromatic hydroxyl groups is 4. The monoisotopic (exact) mass is 440 g/mol. The molecule has 0 radical (unpaired) electrons. The van der Waals surface area contributed by atoms with Gasteiger partial charge in [0.25, 0.3) is 0 Å². The second-order valence-electron chi connectivity index (χ2n) is 8.39. The predicted molar refractivity (Wildman–Crippen MR) is 120 cm³/mol. The molecule has 0 spiro atoms. The van der Waals surface area contributed by atoms with Gasteiger partial charge in [0.05, 0.1) is 12.5 Å². The number of aliphatic hydroxyl groups excluding tert-OH is 1. The zero-order valence-corrected chi connectivity index (χ0v) is 18.3. The second kappa shape index (κ2) is 8.96. The Morgan fingerprint density at radius 3 is 2.41 bits per heavy atom. The summed E-state index contributed by atoms with van der Waals surface area (Å²) in [6.07, 6.45) is 0.0294. The van der Waals surface area contributed by atoms with Crippen molar-refractivity contribution in [2.45, 2.75) is 52.2 Å². The molecule has 0 aromatic heterocycles. The van der Waals surface area contributed by atoms with Crippen LogP contribution >= 0.6 is 0 Å². The number of carbonyl (C=O) groups is 1. The van der Waals surface area contributed by atoms with Crippen molar-refractivity contribution in [1.29, 1.82) is 0 Å². The van der Waals surface area contributed by atoms with Crippen molar-refractivity contribution in [3.8, 4) is 28.7 Å². The summed E-state index contributed by atoms with van der Waals surface area (Å²) in [7, 11) is 0. The van der Waals surface area contributed by atoms with E-state index in [1.54, 1.807) is 6.92 Å². The average Bonchev–Trinajstić information content (AvgIpc) is 2.71. The Bertz CT molecular complexity index is 1110. The number of carbonyl (C=O) groups excluding carboxylic acids is 1. The minimum atomic E-state index is -0.998. The lowest BCUT2D eigenvalue weighted by Crippen LogP contribution is -2.23. The molecule has 1 aliphatic rings. The van der Waals surface area contributed by atoms with Gasteiger partial charge in [-0.3, -0.25) is 4.79 Å². The Morgan fingerprint density at radius 2 is 1.81 bits per heavy atom. The Balaban J connectivity index is 2.17. The molecule has 1 aliphatic heterocycles. The van der Waals surface area contributed by atoms with E-state index in [4.69, 9.17) is 4.74 Å². The third-order valence-corrected chi connectivity index (χ3v) is 5.56. The number of allylic oxidation sites excluding steroid dienone is 2. The van der Waals surface area contributed by atoms with Gasteiger partial charge in [0.1, 0.15) is 28.9 Å². The lowest BCUT2D eigenvalue weighted by atomic mass is 9.88. The Kier molecular flexibility index (Phi) is 6.50. The van der Waals surface area contributed by atoms with Crippen molar-refractivity contribution in [2.24, 2.45) is 0 Å². The Hall–Kier alpha value is -3.45. The van der Waals surface area contributed by atoms with Gasteiger partial charge in [-0.15, -0.1) is 0 Å². The topological polar surface area (TPSA) is 127 Å². The zero-order chi connectivity index (χ0) is 23.7. The fraction of sp³-hybridized carbons (Fsp3) is 0.320. The van der Waals surface area contributed by atoms with E-state index in [1.165, 1.54) is 18.2 Å². The van der Waals surface area contributed by atoms with Gasteiger partial charge >= 0.3 is 0 Å². The number of aliphatic hydroxyl groups is 1. The molecule has 0 aliphatic carbocycles. The largest absolute Gasteiger partial charge is 0.507 e. The number of hydrogen-bond acceptors (Lipinski definition) is 7. The Labute approximate surface area is 186 Å². The number of phenols is 4. The number of Topliss-reactive ketones (excluding diaryl/α,β-unsaturated/α-hetero) is 1. The van der Waals surface area contributed by atoms with Crippen LogP contribution in [-0.2, 0) is 12.8 Å². The quantitative estimate of drug-likeness (QED) is 0.336. The highest BCUT2D eigenvalue weighted by atomic mass is 16.5. The van der Waals surface area contributed by atoms with E-state index in [0.717, 1.165) is 5.57 Å². The van der Waals surface area contributed by atoms with Gasteiger partial charge in [-0.1, -0.05) is 29.9 Å². The zero-order valence-electron chi connectivity index (χ0n) is 18.3. The molecule has 5 N–H and O–H groups in total. The molecule has 170 valence electrons. The molecule has 0 fully saturated rings. The third-order valence-electron chi connectivity index (χ3n) is 5.56. The van der Waals surface area contributed by atoms with Crippen molar-refractivity contribution in [2.75, 3.05) is 0 Å². The summed E-state index contributed by atoms with van der Waals surface area (Å²) < 4.78 is 6.05. The number of ketones is 1. The number of hydrogen-bond donors (Lipinski definition) is 5. The molecule has 2 atom stereocenters. The van der Waals surface area contributed by atoms with Crippen molar-refractivity contribution in [1.82, 2.24) is 0 Å². The number of rotatable bonds is 6. The van der Waals surface area contributed by atoms with Gasteiger partial charge in [-0.2, -0.15) is 0 Å². The number of fused-ring (bicyclic) bond motifs is 1. The maximum Gasteiger partial charge on any atom is 0.174 e. The first kappa shape index (κ1) is 23.2. The van der Waals surface area contributed by atoms with Crippen molar-refractivity contribution < 1.29 is 35.1 Å². The first-order valence-electron chi connectivity index (χ1n) is 10.3. The van der Waals surface area contributed by atoms with Gasteiger partial charge in [0, 0.05) is 17.5 Å². The molecule has 2 aromatic carbocycles. The van der Waals surface area contributed by atoms with Crippen LogP contribution in [0.4, 0.5) is 0 Å². The maximum absolute atomic E-state index is 13.1. The van der Waals surface area contributed by atoms with E-state index in [0.29, 0.717) is 11.1 Å². The molecule has 1 unspecified atom stereocenters. The normalized spacial score (nSPS) is 16.1. The predicted octanol–water partition coefficient (Wildman–Crippen LogP) is 4.20. The van der Waals surface area contributed by atoms with Crippen molar-refractivity contribution in [3.05, 3.63) is 64.3 Å². The van der Waals surface area contributed by atoms with E-state index in [1.807, 2.05) is 19.9 Å². The number of ether oxygens (including phenoxy) is 1. The summed E-state index contributed by atoms with van der Waals surface area (Å²) in [4.78, 5) is 13.1. The smallest absolute Gasteiger partial charge is 0.174 e. The minimum Gasteiger partial charge on any atom is -0.507 e. The molecule has 7 nitrogen and oxygen atoms in total. The van der Waals surface area contributed by atoms with Gasteiger partial charge in [0.2, 0.25) is 0 Å². The molecular weight excluding hydrogens is 412 g/mol. The van der Waals surface area contributed by atoms with Crippen LogP contribution in [0.3, 0.4) is 0 Å². The van der Waals surface area contributed by atoms with Crippen molar-refractivity contribution in [3.63, 3.8) is 0 Å². The second-order valence-corrected chi connectivity index (χ2v) is 8.39. The van der Waals surface area contributed by atoms with Crippen LogP contribution in [-0.4, -0.2) is 37.4 Å². The molecule has 2 aromatic rings. The van der Waals surface area contributed by atoms with E-state index >= 15 is 0 Å². The van der Waals surface area contributed by atoms with Gasteiger partial charge in [-0.25, -0.2) is 0 Å². The van der Waals surface area contributed by atoms with E-state index in [-0.39, 0.29) is 64.7 Å². The van der Waals surface area contributed by atoms with Crippen LogP contribution in [0.2, 0.25) is 0 Å². The summed E-state index contributed by atoms with van der Waals surface area (Å²) in [5.74, 6) is -1.66. The molecule has 0 amide bonds. The van der Waals surface area contributed by atoms with E-state index < -0.39 is 18.0 Å². The van der Waals surface area contributed by atoms with Crippen LogP contribution in [0.15, 0.2) is 42.0 Å². The van der Waals surface area contributed by atoms with E-state index in [9.17, 15) is 30.3 Å². The number of benzene rings is 2. The van der Waals surface area contributed by atoms with E-state index in [2.05, 4.69) is 6.58 Å². The van der Waals surface area contributed by atoms with Crippen LogP contribution in [0.5, 0.6) is 28.7 Å². The van der Waals surface area contributed by atoms with Crippen LogP contribution in [0.1, 0.15) is 60.3 Å². The fourth-order valence-electron chi connectivity index (χ4n) is 3.64. The molecule has 0 saturated carbocycles. The summed E-state index contributed by atoms with van der Waals surface area (Å²) in [6.45, 7) is 9.14. The minimum absolute atomic E-state index is 0.00457. The highest BCUT2D eigenvalue weighted by Crippen LogP contribution is 2.49. The summed E-state index contributed by atoms with van der Waals surface area (Å²) >= 11 is 0. The third kappa shape index (κ3) is 4.43. The molecule has 3 rings (SSSR count). The summed E-state index contributed by atoms with van der Waals surface area (Å²) in [5, 5.41) is 51.7. The molecule has 0 saturated heterocycles. The summed E-state index contributed by atoms with van der Waals surface area (Å²) in [5.41, 5.74) is 2.23. The van der Waals surface area contributed by atoms with Crippen LogP contribution < -0.4 is 4.74 Å². The average molecular weight is 440 g/mol. The van der Waals surface area contributed by atoms with Gasteiger partial charge in [-0.05, 0) is 44.9 Å². The van der Waals surface area contributed by atoms with Gasteiger partial charge in [0.15, 0.2) is 17.3 Å². The summed E-state index contributed by atoms with van der Waals surface area (Å²) in [6, 6.07) is 4.10. The first-order chi connectivity index (χ1) is 15.0. The molecule has 32 heavy (non-hydrogen) atoms. The SMILES string of the molecule is C=C(C)C(O)Cc1c(O)c(CC=C(C)C)c(O)c2c1O[C@H](c1ccc(O)c(O)c1)CC2=O. The lowest BCUT2D eigenvalue weighted by molar-refractivity contribution is 0.0838. The molecular formula is C25H28O7. The van der Waals surface area contributed by atoms with Crippen LogP contribution in [0.25, 0.3) is 0 Å². The standard InChI is InChI=1S/C25H28O7/c1-12(2)5-7-15-23(30)16(10-18(27)13(3)4)25-22(24(15)31)20(29)11-21(32-25)14-6-8-17(26)19(28)9-14/h5-6,8-9,18,21,26-28,30-31H,3,7,10-11H2,1-2,4H3/t18?,21-/m0/s1. The highest BCUT2D eigenvalue weighted by molar-refractivity contribution is 6.04. The van der Waals surface area contributed by atoms with Crippen molar-refractivity contribution >= 4 is 5.78 Å². The lowest BCUT2D eigenvalue weighted by Gasteiger charge is -2.30. The number of phenolic OH excluding ortho intramolecular Hbond substituents is 4. The Morgan fingerprint density at radius 1 is 1.12 bits per heavy atom. The molecule has 0 bridgehead atoms. The first-order valence-corrected chi connectivity index (χ1v) is 10.3. The molecule has 7 heteroatoms.